The molecule has 10 heteroatoms. The van der Waals surface area contributed by atoms with E-state index in [1.807, 2.05) is 94.8 Å². The van der Waals surface area contributed by atoms with Crippen molar-refractivity contribution in [2.75, 3.05) is 45.9 Å². The SMILES string of the molecule is CC(C)N(C(C)C)P(OCCC#N)OCC1CCN(C(=O)CN(C[C]2[CH][CH][CH][CH]2)C[C]2[CH][CH][CH][CH]2)CC1.[CH]1[CH][CH][CH][CH]1.[CH]1[CH][CH][CH][CH]1.[Fe+2].[Fe+2]. The molecule has 4 saturated carbocycles. The van der Waals surface area contributed by atoms with Crippen LogP contribution in [0, 0.1) is 145 Å². The van der Waals surface area contributed by atoms with Crippen molar-refractivity contribution in [2.45, 2.75) is 59.0 Å². The Morgan fingerprint density at radius 1 is 0.776 bits per heavy atom. The minimum atomic E-state index is -1.22. The topological polar surface area (TPSA) is 69.0 Å². The smallest absolute Gasteiger partial charge is 0.342 e. The molecule has 0 aromatic carbocycles. The standard InChI is InChI=1S/C29H43N4O3P.2C5H5.2Fe/c1-24(2)33(25(3)4)37(35-19-9-16-30)36-23-28-14-17-32(18-15-28)29(34)22-31(20-26-10-5-6-11-26)21-27-12-7-8-13-27;2*1-2-4-5-3-1;;/h5-8,10-13,24-25,28H,9,14-15,17-23H2,1-4H3;2*1-5H;;/q;;;2*+2. The molecule has 0 spiro atoms. The molecule has 1 atom stereocenters. The van der Waals surface area contributed by atoms with Gasteiger partial charge in [0.2, 0.25) is 5.91 Å². The van der Waals surface area contributed by atoms with Gasteiger partial charge in [0.05, 0.1) is 32.2 Å². The maximum Gasteiger partial charge on any atom is 2.00 e. The van der Waals surface area contributed by atoms with Gasteiger partial charge in [0.15, 0.2) is 0 Å². The third kappa shape index (κ3) is 19.8. The average molecular weight is 769 g/mol. The predicted molar refractivity (Wildman–Crippen MR) is 191 cm³/mol. The molecule has 49 heavy (non-hydrogen) atoms. The van der Waals surface area contributed by atoms with E-state index in [1.54, 1.807) is 0 Å². The summed E-state index contributed by atoms with van der Waals surface area (Å²) in [6.45, 7) is 13.1. The van der Waals surface area contributed by atoms with Crippen LogP contribution in [0.15, 0.2) is 0 Å². The molecular formula is C39H53Fe2N4O3P+4. The second-order valence-corrected chi connectivity index (χ2v) is 13.8. The first-order chi connectivity index (χ1) is 22.9. The molecular weight excluding hydrogens is 715 g/mol. The van der Waals surface area contributed by atoms with Crippen LogP contribution in [0.5, 0.6) is 0 Å². The van der Waals surface area contributed by atoms with E-state index in [1.165, 1.54) is 11.8 Å². The van der Waals surface area contributed by atoms with E-state index in [-0.39, 0.29) is 52.1 Å². The molecule has 1 heterocycles. The number of nitriles is 1. The van der Waals surface area contributed by atoms with Crippen molar-refractivity contribution in [3.05, 3.63) is 127 Å². The van der Waals surface area contributed by atoms with Gasteiger partial charge in [0.25, 0.3) is 8.53 Å². The van der Waals surface area contributed by atoms with Crippen molar-refractivity contribution >= 4 is 14.4 Å². The summed E-state index contributed by atoms with van der Waals surface area (Å²) in [6.07, 6.45) is 38.9. The van der Waals surface area contributed by atoms with E-state index in [4.69, 9.17) is 14.3 Å². The Morgan fingerprint density at radius 3 is 1.59 bits per heavy atom. The van der Waals surface area contributed by atoms with Crippen molar-refractivity contribution in [2.24, 2.45) is 5.92 Å². The van der Waals surface area contributed by atoms with Crippen molar-refractivity contribution in [1.82, 2.24) is 14.5 Å². The molecule has 264 valence electrons. The van der Waals surface area contributed by atoms with Crippen molar-refractivity contribution in [3.8, 4) is 6.07 Å². The van der Waals surface area contributed by atoms with Gasteiger partial charge in [-0.15, -0.1) is 0 Å². The van der Waals surface area contributed by atoms with Gasteiger partial charge in [0.1, 0.15) is 0 Å². The van der Waals surface area contributed by atoms with E-state index in [9.17, 15) is 4.79 Å². The van der Waals surface area contributed by atoms with Crippen LogP contribution >= 0.6 is 8.53 Å². The molecule has 0 N–H and O–H groups in total. The molecule has 5 aliphatic rings. The molecule has 5 fully saturated rings. The Kier molecular flexibility index (Phi) is 27.7. The van der Waals surface area contributed by atoms with Gasteiger partial charge in [-0.1, -0.05) is 0 Å². The number of hydrogen-bond acceptors (Lipinski definition) is 6. The summed E-state index contributed by atoms with van der Waals surface area (Å²) in [4.78, 5) is 17.5. The first kappa shape index (κ1) is 47.3. The summed E-state index contributed by atoms with van der Waals surface area (Å²) >= 11 is 0. The van der Waals surface area contributed by atoms with E-state index < -0.39 is 8.53 Å². The third-order valence-corrected chi connectivity index (χ3v) is 9.87. The van der Waals surface area contributed by atoms with Crippen molar-refractivity contribution < 1.29 is 48.0 Å². The van der Waals surface area contributed by atoms with Gasteiger partial charge in [-0.25, -0.2) is 4.67 Å². The van der Waals surface area contributed by atoms with Crippen LogP contribution in [0.2, 0.25) is 0 Å². The van der Waals surface area contributed by atoms with Gasteiger partial charge >= 0.3 is 34.1 Å². The zero-order valence-electron chi connectivity index (χ0n) is 29.4. The molecule has 0 aromatic rings. The van der Waals surface area contributed by atoms with Gasteiger partial charge in [-0.05, 0) is 174 Å². The summed E-state index contributed by atoms with van der Waals surface area (Å²) in [5, 5.41) is 8.91. The van der Waals surface area contributed by atoms with Crippen molar-refractivity contribution in [1.29, 1.82) is 5.26 Å². The van der Waals surface area contributed by atoms with Gasteiger partial charge in [-0.2, -0.15) is 5.26 Å². The minimum absolute atomic E-state index is 0. The van der Waals surface area contributed by atoms with E-state index in [0.717, 1.165) is 39.0 Å². The number of carbonyl (C=O) groups is 1. The second-order valence-electron chi connectivity index (χ2n) is 12.3. The first-order valence-corrected chi connectivity index (χ1v) is 18.0. The molecule has 1 saturated heterocycles. The quantitative estimate of drug-likeness (QED) is 0.106. The van der Waals surface area contributed by atoms with Crippen LogP contribution < -0.4 is 0 Å². The fourth-order valence-corrected chi connectivity index (χ4v) is 7.17. The zero-order chi connectivity index (χ0) is 33.7. The van der Waals surface area contributed by atoms with Gasteiger partial charge < -0.3 is 13.9 Å². The Hall–Kier alpha value is 0.269. The monoisotopic (exact) mass is 768 g/mol. The number of carbonyl (C=O) groups excluding carboxylic acids is 1. The predicted octanol–water partition coefficient (Wildman–Crippen LogP) is 6.67. The Bertz CT molecular complexity index is 800. The van der Waals surface area contributed by atoms with Gasteiger partial charge in [0, 0.05) is 38.3 Å². The largest absolute Gasteiger partial charge is 2.00 e. The van der Waals surface area contributed by atoms with Crippen LogP contribution in [-0.2, 0) is 48.0 Å². The number of rotatable bonds is 15. The molecule has 7 nitrogen and oxygen atoms in total. The molecule has 20 radical (unpaired) electrons. The third-order valence-electron chi connectivity index (χ3n) is 7.80. The second kappa shape index (κ2) is 28.7. The molecule has 5 rings (SSSR count). The zero-order valence-corrected chi connectivity index (χ0v) is 32.5. The minimum Gasteiger partial charge on any atom is -0.342 e. The number of amides is 1. The van der Waals surface area contributed by atoms with Crippen LogP contribution in [0.1, 0.15) is 47.0 Å². The summed E-state index contributed by atoms with van der Waals surface area (Å²) in [7, 11) is -1.22. The molecule has 1 unspecified atom stereocenters. The first-order valence-electron chi connectivity index (χ1n) is 16.8. The normalized spacial score (nSPS) is 20.8. The summed E-state index contributed by atoms with van der Waals surface area (Å²) < 4.78 is 14.6. The van der Waals surface area contributed by atoms with Crippen molar-refractivity contribution in [3.63, 3.8) is 0 Å². The van der Waals surface area contributed by atoms with E-state index in [2.05, 4.69) is 69.0 Å². The number of hydrogen-bond donors (Lipinski definition) is 0. The van der Waals surface area contributed by atoms with Crippen LogP contribution in [0.3, 0.4) is 0 Å². The summed E-state index contributed by atoms with van der Waals surface area (Å²) in [5.41, 5.74) is 0. The van der Waals surface area contributed by atoms with Gasteiger partial charge in [-0.3, -0.25) is 9.69 Å². The van der Waals surface area contributed by atoms with Crippen LogP contribution in [0.25, 0.3) is 0 Å². The summed E-state index contributed by atoms with van der Waals surface area (Å²) in [6, 6.07) is 2.73. The molecule has 0 aromatic heterocycles. The fourth-order valence-electron chi connectivity index (χ4n) is 5.49. The average Bonchev–Trinajstić information content (AvgIpc) is 3.90. The molecule has 4 aliphatic carbocycles. The fraction of sp³-hybridized carbons (Fsp3) is 0.436. The van der Waals surface area contributed by atoms with Crippen LogP contribution in [-0.4, -0.2) is 78.4 Å². The maximum atomic E-state index is 13.2. The number of piperidine rings is 1. The Morgan fingerprint density at radius 2 is 1.20 bits per heavy atom. The Balaban J connectivity index is 0.000000852. The van der Waals surface area contributed by atoms with Crippen LogP contribution in [0.4, 0.5) is 0 Å². The van der Waals surface area contributed by atoms with E-state index in [0.29, 0.717) is 32.1 Å². The summed E-state index contributed by atoms with van der Waals surface area (Å²) in [5.74, 6) is 3.07. The number of likely N-dealkylation sites (tertiary alicyclic amines) is 1. The molecule has 1 amide bonds. The molecule has 1 aliphatic heterocycles. The molecule has 0 bridgehead atoms. The maximum absolute atomic E-state index is 13.2. The Labute approximate surface area is 325 Å². The number of nitrogens with zero attached hydrogens (tertiary/aromatic N) is 4. The van der Waals surface area contributed by atoms with E-state index >= 15 is 0 Å².